The Morgan fingerprint density at radius 3 is 2.28 bits per heavy atom. The first-order valence-corrected chi connectivity index (χ1v) is 7.05. The van der Waals surface area contributed by atoms with Crippen LogP contribution in [0.3, 0.4) is 0 Å². The Balaban J connectivity index is 2.47. The van der Waals surface area contributed by atoms with Crippen molar-refractivity contribution in [2.24, 2.45) is 0 Å². The molecule has 0 saturated heterocycles. The lowest BCUT2D eigenvalue weighted by Gasteiger charge is -2.12. The molecule has 2 aromatic rings. The van der Waals surface area contributed by atoms with Crippen molar-refractivity contribution in [2.75, 3.05) is 0 Å². The number of hydrogen-bond acceptors (Lipinski definition) is 3. The zero-order valence-electron chi connectivity index (χ0n) is 9.85. The van der Waals surface area contributed by atoms with E-state index in [9.17, 15) is 13.6 Å². The molecule has 1 atom stereocenters. The van der Waals surface area contributed by atoms with Gasteiger partial charge in [-0.1, -0.05) is 18.2 Å². The van der Waals surface area contributed by atoms with Gasteiger partial charge in [0.05, 0.1) is 4.90 Å². The highest BCUT2D eigenvalue weighted by molar-refractivity contribution is 7.91. The second-order valence-electron chi connectivity index (χ2n) is 3.95. The molecule has 18 heavy (non-hydrogen) atoms. The molecule has 0 bridgehead atoms. The highest BCUT2D eigenvalue weighted by Gasteiger charge is 2.29. The Labute approximate surface area is 106 Å². The van der Waals surface area contributed by atoms with E-state index in [0.29, 0.717) is 4.73 Å². The number of nitrogens with zero attached hydrogens (tertiary/aromatic N) is 1. The molecular weight excluding hydrogens is 250 g/mol. The molecule has 0 radical (unpaired) electrons. The molecule has 1 heterocycles. The molecule has 0 amide bonds. The summed E-state index contributed by atoms with van der Waals surface area (Å²) in [5, 5.41) is 10.7. The molecule has 0 fully saturated rings. The zero-order valence-corrected chi connectivity index (χ0v) is 10.7. The van der Waals surface area contributed by atoms with Gasteiger partial charge in [0, 0.05) is 12.1 Å². The number of pyridine rings is 1. The second-order valence-corrected chi connectivity index (χ2v) is 6.22. The molecule has 0 spiro atoms. The summed E-state index contributed by atoms with van der Waals surface area (Å²) in [6.45, 7) is 1.52. The van der Waals surface area contributed by atoms with Gasteiger partial charge in [-0.3, -0.25) is 0 Å². The predicted molar refractivity (Wildman–Crippen MR) is 67.4 cm³/mol. The number of sulfone groups is 1. The molecule has 0 saturated carbocycles. The standard InChI is InChI=1S/C13H13NO3S/c1-11(13-9-5-6-10-14(13)15)18(16,17)12-7-3-2-4-8-12/h2-11H,1H3. The number of benzene rings is 1. The first-order chi connectivity index (χ1) is 8.53. The van der Waals surface area contributed by atoms with E-state index in [1.165, 1.54) is 31.3 Å². The summed E-state index contributed by atoms with van der Waals surface area (Å²) >= 11 is 0. The van der Waals surface area contributed by atoms with Crippen LogP contribution < -0.4 is 4.73 Å². The minimum Gasteiger partial charge on any atom is -0.618 e. The van der Waals surface area contributed by atoms with Gasteiger partial charge in [-0.05, 0) is 25.1 Å². The molecule has 2 rings (SSSR count). The summed E-state index contributed by atoms with van der Waals surface area (Å²) in [6.07, 6.45) is 1.30. The van der Waals surface area contributed by atoms with E-state index in [1.54, 1.807) is 30.3 Å². The van der Waals surface area contributed by atoms with Crippen LogP contribution in [0.1, 0.15) is 17.9 Å². The topological polar surface area (TPSA) is 61.1 Å². The van der Waals surface area contributed by atoms with Gasteiger partial charge in [0.15, 0.2) is 16.0 Å². The Morgan fingerprint density at radius 1 is 1.06 bits per heavy atom. The average molecular weight is 263 g/mol. The fourth-order valence-electron chi connectivity index (χ4n) is 1.73. The molecule has 1 aromatic carbocycles. The second kappa shape index (κ2) is 4.78. The van der Waals surface area contributed by atoms with Crippen molar-refractivity contribution in [1.82, 2.24) is 0 Å². The lowest BCUT2D eigenvalue weighted by atomic mass is 10.3. The van der Waals surface area contributed by atoms with E-state index in [1.807, 2.05) is 0 Å². The first-order valence-electron chi connectivity index (χ1n) is 5.50. The van der Waals surface area contributed by atoms with Crippen LogP contribution in [0.2, 0.25) is 0 Å². The molecule has 0 aliphatic heterocycles. The van der Waals surface area contributed by atoms with Gasteiger partial charge < -0.3 is 5.21 Å². The predicted octanol–water partition coefficient (Wildman–Crippen LogP) is 1.85. The number of aromatic nitrogens is 1. The van der Waals surface area contributed by atoms with Gasteiger partial charge >= 0.3 is 0 Å². The SMILES string of the molecule is CC(c1cccc[n+]1[O-])S(=O)(=O)c1ccccc1. The molecule has 5 heteroatoms. The highest BCUT2D eigenvalue weighted by atomic mass is 32.2. The molecule has 1 unspecified atom stereocenters. The van der Waals surface area contributed by atoms with Crippen LogP contribution in [0.25, 0.3) is 0 Å². The Bertz CT molecular complexity index is 638. The third-order valence-electron chi connectivity index (χ3n) is 2.81. The van der Waals surface area contributed by atoms with E-state index in [4.69, 9.17) is 0 Å². The van der Waals surface area contributed by atoms with Gasteiger partial charge in [-0.25, -0.2) is 8.42 Å². The maximum atomic E-state index is 12.3. The quantitative estimate of drug-likeness (QED) is 0.627. The van der Waals surface area contributed by atoms with Crippen LogP contribution in [0, 0.1) is 5.21 Å². The molecule has 4 nitrogen and oxygen atoms in total. The first kappa shape index (κ1) is 12.6. The molecule has 1 aromatic heterocycles. The van der Waals surface area contributed by atoms with E-state index in [2.05, 4.69) is 0 Å². The summed E-state index contributed by atoms with van der Waals surface area (Å²) in [5.74, 6) is 0. The average Bonchev–Trinajstić information content (AvgIpc) is 2.39. The fraction of sp³-hybridized carbons (Fsp3) is 0.154. The monoisotopic (exact) mass is 263 g/mol. The minimum absolute atomic E-state index is 0.223. The van der Waals surface area contributed by atoms with Crippen LogP contribution in [0.5, 0.6) is 0 Å². The Morgan fingerprint density at radius 2 is 1.67 bits per heavy atom. The van der Waals surface area contributed by atoms with Crippen LogP contribution in [-0.2, 0) is 9.84 Å². The van der Waals surface area contributed by atoms with Crippen LogP contribution in [0.4, 0.5) is 0 Å². The minimum atomic E-state index is -3.54. The summed E-state index contributed by atoms with van der Waals surface area (Å²) < 4.78 is 25.3. The van der Waals surface area contributed by atoms with Gasteiger partial charge in [-0.2, -0.15) is 4.73 Å². The van der Waals surface area contributed by atoms with Gasteiger partial charge in [0.2, 0.25) is 5.69 Å². The van der Waals surface area contributed by atoms with Crippen molar-refractivity contribution in [1.29, 1.82) is 0 Å². The summed E-state index contributed by atoms with van der Waals surface area (Å²) in [5.41, 5.74) is 0.223. The van der Waals surface area contributed by atoms with Crippen molar-refractivity contribution in [3.05, 3.63) is 65.6 Å². The van der Waals surface area contributed by atoms with E-state index >= 15 is 0 Å². The molecule has 0 aliphatic carbocycles. The summed E-state index contributed by atoms with van der Waals surface area (Å²) in [6, 6.07) is 12.9. The molecule has 94 valence electrons. The van der Waals surface area contributed by atoms with Crippen LogP contribution >= 0.6 is 0 Å². The van der Waals surface area contributed by atoms with E-state index < -0.39 is 15.1 Å². The largest absolute Gasteiger partial charge is 0.618 e. The molecule has 0 N–H and O–H groups in total. The maximum Gasteiger partial charge on any atom is 0.211 e. The smallest absolute Gasteiger partial charge is 0.211 e. The zero-order chi connectivity index (χ0) is 13.2. The van der Waals surface area contributed by atoms with Crippen molar-refractivity contribution in [3.8, 4) is 0 Å². The molecular formula is C13H13NO3S. The lowest BCUT2D eigenvalue weighted by molar-refractivity contribution is -0.614. The van der Waals surface area contributed by atoms with Gasteiger partial charge in [0.1, 0.15) is 5.25 Å². The number of hydrogen-bond donors (Lipinski definition) is 0. The molecule has 0 aliphatic rings. The van der Waals surface area contributed by atoms with Crippen LogP contribution in [-0.4, -0.2) is 8.42 Å². The van der Waals surface area contributed by atoms with E-state index in [0.717, 1.165) is 0 Å². The summed E-state index contributed by atoms with van der Waals surface area (Å²) in [7, 11) is -3.54. The summed E-state index contributed by atoms with van der Waals surface area (Å²) in [4.78, 5) is 0.223. The van der Waals surface area contributed by atoms with Crippen molar-refractivity contribution < 1.29 is 13.1 Å². The van der Waals surface area contributed by atoms with Crippen LogP contribution in [0.15, 0.2) is 59.6 Å². The Kier molecular flexibility index (Phi) is 3.34. The van der Waals surface area contributed by atoms with E-state index in [-0.39, 0.29) is 10.6 Å². The van der Waals surface area contributed by atoms with Crippen molar-refractivity contribution in [2.45, 2.75) is 17.1 Å². The fourth-order valence-corrected chi connectivity index (χ4v) is 3.17. The van der Waals surface area contributed by atoms with Crippen molar-refractivity contribution in [3.63, 3.8) is 0 Å². The van der Waals surface area contributed by atoms with Gasteiger partial charge in [-0.15, -0.1) is 0 Å². The third kappa shape index (κ3) is 2.22. The maximum absolute atomic E-state index is 12.3. The highest BCUT2D eigenvalue weighted by Crippen LogP contribution is 2.25. The van der Waals surface area contributed by atoms with Crippen molar-refractivity contribution >= 4 is 9.84 Å². The third-order valence-corrected chi connectivity index (χ3v) is 4.91. The number of rotatable bonds is 3. The Hall–Kier alpha value is -1.88. The normalized spacial score (nSPS) is 13.2. The lowest BCUT2D eigenvalue weighted by Crippen LogP contribution is -2.34. The van der Waals surface area contributed by atoms with Gasteiger partial charge in [0.25, 0.3) is 0 Å².